The SMILES string of the molecule is CCOc1cc(C)c(CNS(=O)(=O)c2c(C)n[nH]c2C)cc1C. The highest BCUT2D eigenvalue weighted by Crippen LogP contribution is 2.24. The van der Waals surface area contributed by atoms with Gasteiger partial charge in [0.2, 0.25) is 10.0 Å². The average Bonchev–Trinajstić information content (AvgIpc) is 2.81. The van der Waals surface area contributed by atoms with E-state index in [0.29, 0.717) is 18.0 Å². The summed E-state index contributed by atoms with van der Waals surface area (Å²) in [5.74, 6) is 0.832. The van der Waals surface area contributed by atoms with E-state index >= 15 is 0 Å². The molecule has 0 aliphatic carbocycles. The first-order valence-electron chi connectivity index (χ1n) is 7.50. The number of aromatic amines is 1. The largest absolute Gasteiger partial charge is 0.494 e. The van der Waals surface area contributed by atoms with Crippen LogP contribution in [-0.4, -0.2) is 25.2 Å². The van der Waals surface area contributed by atoms with Gasteiger partial charge in [-0.25, -0.2) is 13.1 Å². The van der Waals surface area contributed by atoms with Crippen LogP contribution in [0.1, 0.15) is 35.0 Å². The summed E-state index contributed by atoms with van der Waals surface area (Å²) in [6, 6.07) is 3.90. The molecule has 0 spiro atoms. The first kappa shape index (κ1) is 17.5. The number of nitrogens with one attached hydrogen (secondary N) is 2. The van der Waals surface area contributed by atoms with Crippen LogP contribution in [0.25, 0.3) is 0 Å². The molecule has 126 valence electrons. The number of ether oxygens (including phenoxy) is 1. The summed E-state index contributed by atoms with van der Waals surface area (Å²) in [4.78, 5) is 0.220. The van der Waals surface area contributed by atoms with Gasteiger partial charge in [-0.2, -0.15) is 5.10 Å². The Morgan fingerprint density at radius 1 is 1.17 bits per heavy atom. The maximum Gasteiger partial charge on any atom is 0.244 e. The Hall–Kier alpha value is -1.86. The van der Waals surface area contributed by atoms with Gasteiger partial charge in [-0.15, -0.1) is 0 Å². The van der Waals surface area contributed by atoms with E-state index in [1.807, 2.05) is 32.9 Å². The molecule has 0 amide bonds. The molecule has 0 aliphatic rings. The molecule has 0 unspecified atom stereocenters. The highest BCUT2D eigenvalue weighted by molar-refractivity contribution is 7.89. The zero-order valence-corrected chi connectivity index (χ0v) is 15.0. The number of hydrogen-bond acceptors (Lipinski definition) is 4. The van der Waals surface area contributed by atoms with Gasteiger partial charge >= 0.3 is 0 Å². The van der Waals surface area contributed by atoms with Gasteiger partial charge in [0, 0.05) is 6.54 Å². The maximum absolute atomic E-state index is 12.5. The van der Waals surface area contributed by atoms with Gasteiger partial charge in [0.25, 0.3) is 0 Å². The van der Waals surface area contributed by atoms with Gasteiger partial charge in [0.05, 0.1) is 18.0 Å². The zero-order chi connectivity index (χ0) is 17.2. The molecule has 23 heavy (non-hydrogen) atoms. The molecular weight excluding hydrogens is 314 g/mol. The lowest BCUT2D eigenvalue weighted by Crippen LogP contribution is -2.24. The second-order valence-corrected chi connectivity index (χ2v) is 7.27. The molecular formula is C16H23N3O3S. The van der Waals surface area contributed by atoms with Crippen molar-refractivity contribution in [2.24, 2.45) is 0 Å². The Morgan fingerprint density at radius 2 is 1.87 bits per heavy atom. The highest BCUT2D eigenvalue weighted by atomic mass is 32.2. The third-order valence-corrected chi connectivity index (χ3v) is 5.38. The monoisotopic (exact) mass is 337 g/mol. The van der Waals surface area contributed by atoms with E-state index in [9.17, 15) is 8.42 Å². The predicted molar refractivity (Wildman–Crippen MR) is 89.2 cm³/mol. The number of nitrogens with zero attached hydrogens (tertiary/aromatic N) is 1. The second-order valence-electron chi connectivity index (χ2n) is 5.56. The molecule has 0 bridgehead atoms. The molecule has 2 N–H and O–H groups in total. The Labute approximate surface area is 137 Å². The minimum atomic E-state index is -3.60. The lowest BCUT2D eigenvalue weighted by Gasteiger charge is -2.13. The van der Waals surface area contributed by atoms with Gasteiger partial charge in [-0.1, -0.05) is 6.07 Å². The minimum absolute atomic E-state index is 0.220. The van der Waals surface area contributed by atoms with Crippen molar-refractivity contribution in [2.75, 3.05) is 6.61 Å². The topological polar surface area (TPSA) is 84.1 Å². The van der Waals surface area contributed by atoms with Gasteiger partial charge in [-0.3, -0.25) is 5.10 Å². The smallest absolute Gasteiger partial charge is 0.244 e. The fourth-order valence-electron chi connectivity index (χ4n) is 2.53. The van der Waals surface area contributed by atoms with Crippen molar-refractivity contribution >= 4 is 10.0 Å². The molecule has 0 saturated carbocycles. The number of aromatic nitrogens is 2. The summed E-state index contributed by atoms with van der Waals surface area (Å²) in [5.41, 5.74) is 3.90. The van der Waals surface area contributed by atoms with Crippen molar-refractivity contribution in [2.45, 2.75) is 46.1 Å². The summed E-state index contributed by atoms with van der Waals surface area (Å²) in [7, 11) is -3.60. The Bertz CT molecular complexity index is 791. The third kappa shape index (κ3) is 3.73. The van der Waals surface area contributed by atoms with Crippen LogP contribution in [0.2, 0.25) is 0 Å². The molecule has 1 aromatic carbocycles. The number of aryl methyl sites for hydroxylation is 4. The first-order chi connectivity index (χ1) is 10.8. The summed E-state index contributed by atoms with van der Waals surface area (Å²) < 4.78 is 33.2. The molecule has 2 aromatic rings. The van der Waals surface area contributed by atoms with Crippen LogP contribution in [0.3, 0.4) is 0 Å². The molecule has 2 rings (SSSR count). The van der Waals surface area contributed by atoms with E-state index in [4.69, 9.17) is 4.74 Å². The van der Waals surface area contributed by atoms with Crippen molar-refractivity contribution in [3.63, 3.8) is 0 Å². The summed E-state index contributed by atoms with van der Waals surface area (Å²) in [6.45, 7) is 10.0. The van der Waals surface area contributed by atoms with E-state index in [-0.39, 0.29) is 11.4 Å². The van der Waals surface area contributed by atoms with E-state index in [1.165, 1.54) is 0 Å². The predicted octanol–water partition coefficient (Wildman–Crippen LogP) is 2.52. The standard InChI is InChI=1S/C16H23N3O3S/c1-6-22-15-8-10(2)14(7-11(15)3)9-17-23(20,21)16-12(4)18-19-13(16)5/h7-8,17H,6,9H2,1-5H3,(H,18,19). The summed E-state index contributed by atoms with van der Waals surface area (Å²) in [5, 5.41) is 6.64. The van der Waals surface area contributed by atoms with Crippen LogP contribution in [0.15, 0.2) is 17.0 Å². The highest BCUT2D eigenvalue weighted by Gasteiger charge is 2.22. The fraction of sp³-hybridized carbons (Fsp3) is 0.438. The Kier molecular flexibility index (Phi) is 5.11. The average molecular weight is 337 g/mol. The van der Waals surface area contributed by atoms with Crippen LogP contribution >= 0.6 is 0 Å². The molecule has 6 nitrogen and oxygen atoms in total. The Balaban J connectivity index is 2.22. The van der Waals surface area contributed by atoms with E-state index in [1.54, 1.807) is 13.8 Å². The normalized spacial score (nSPS) is 11.7. The fourth-order valence-corrected chi connectivity index (χ4v) is 3.91. The van der Waals surface area contributed by atoms with Gasteiger partial charge in [0.15, 0.2) is 0 Å². The van der Waals surface area contributed by atoms with E-state index < -0.39 is 10.0 Å². The molecule has 1 aromatic heterocycles. The number of sulfonamides is 1. The minimum Gasteiger partial charge on any atom is -0.494 e. The van der Waals surface area contributed by atoms with Crippen molar-refractivity contribution in [3.8, 4) is 5.75 Å². The number of hydrogen-bond donors (Lipinski definition) is 2. The molecule has 0 saturated heterocycles. The summed E-state index contributed by atoms with van der Waals surface area (Å²) >= 11 is 0. The van der Waals surface area contributed by atoms with Crippen LogP contribution in [0.5, 0.6) is 5.75 Å². The zero-order valence-electron chi connectivity index (χ0n) is 14.1. The molecule has 1 heterocycles. The Morgan fingerprint density at radius 3 is 2.43 bits per heavy atom. The van der Waals surface area contributed by atoms with Crippen molar-refractivity contribution < 1.29 is 13.2 Å². The maximum atomic E-state index is 12.5. The van der Waals surface area contributed by atoms with Crippen LogP contribution in [-0.2, 0) is 16.6 Å². The molecule has 7 heteroatoms. The molecule has 0 aliphatic heterocycles. The lowest BCUT2D eigenvalue weighted by molar-refractivity contribution is 0.337. The van der Waals surface area contributed by atoms with E-state index in [0.717, 1.165) is 22.4 Å². The van der Waals surface area contributed by atoms with Crippen LogP contribution in [0.4, 0.5) is 0 Å². The summed E-state index contributed by atoms with van der Waals surface area (Å²) in [6.07, 6.45) is 0. The molecule has 0 atom stereocenters. The third-order valence-electron chi connectivity index (χ3n) is 3.72. The lowest BCUT2D eigenvalue weighted by atomic mass is 10.0. The molecule has 0 fully saturated rings. The van der Waals surface area contributed by atoms with Crippen molar-refractivity contribution in [3.05, 3.63) is 40.2 Å². The van der Waals surface area contributed by atoms with Gasteiger partial charge in [-0.05, 0) is 57.4 Å². The van der Waals surface area contributed by atoms with Gasteiger partial charge < -0.3 is 4.74 Å². The van der Waals surface area contributed by atoms with E-state index in [2.05, 4.69) is 14.9 Å². The second kappa shape index (κ2) is 6.72. The first-order valence-corrected chi connectivity index (χ1v) is 8.98. The quantitative estimate of drug-likeness (QED) is 0.848. The molecule has 0 radical (unpaired) electrons. The van der Waals surface area contributed by atoms with Crippen molar-refractivity contribution in [1.29, 1.82) is 0 Å². The van der Waals surface area contributed by atoms with Crippen LogP contribution in [0, 0.1) is 27.7 Å². The number of rotatable bonds is 6. The van der Waals surface area contributed by atoms with Crippen LogP contribution < -0.4 is 9.46 Å². The van der Waals surface area contributed by atoms with Crippen molar-refractivity contribution in [1.82, 2.24) is 14.9 Å². The number of H-pyrrole nitrogens is 1. The van der Waals surface area contributed by atoms with Gasteiger partial charge in [0.1, 0.15) is 10.6 Å². The number of benzene rings is 1.